The van der Waals surface area contributed by atoms with E-state index < -0.39 is 55.1 Å². The molecular formula is C10H18O8. The largest absolute Gasteiger partial charge is 0.481 e. The zero-order chi connectivity index (χ0) is 14.1. The monoisotopic (exact) mass is 266 g/mol. The normalized spacial score (nSPS) is 42.6. The van der Waals surface area contributed by atoms with Crippen LogP contribution in [0.25, 0.3) is 0 Å². The molecule has 0 aromatic carbocycles. The SMILES string of the molecule is CC(CC(=O)O)[C@]1(O)C(O)O[C@H](CO)[C@@H](O)[C@@H]1O. The average molecular weight is 266 g/mol. The molecule has 1 aliphatic rings. The first-order chi connectivity index (χ1) is 8.25. The predicted molar refractivity (Wildman–Crippen MR) is 56.3 cm³/mol. The Kier molecular flexibility index (Phi) is 4.65. The van der Waals surface area contributed by atoms with Crippen LogP contribution in [0, 0.1) is 5.92 Å². The average Bonchev–Trinajstić information content (AvgIpc) is 2.30. The highest BCUT2D eigenvalue weighted by molar-refractivity contribution is 5.67. The van der Waals surface area contributed by atoms with E-state index >= 15 is 0 Å². The summed E-state index contributed by atoms with van der Waals surface area (Å²) in [6.07, 6.45) is -7.12. The summed E-state index contributed by atoms with van der Waals surface area (Å²) in [7, 11) is 0. The lowest BCUT2D eigenvalue weighted by Gasteiger charge is -2.48. The molecule has 0 amide bonds. The van der Waals surface area contributed by atoms with Gasteiger partial charge in [0.25, 0.3) is 0 Å². The number of aliphatic hydroxyl groups is 5. The Bertz CT molecular complexity index is 308. The Balaban J connectivity index is 2.95. The molecule has 0 bridgehead atoms. The molecule has 0 aromatic heterocycles. The second-order valence-electron chi connectivity index (χ2n) is 4.53. The van der Waals surface area contributed by atoms with Gasteiger partial charge in [0.1, 0.15) is 23.9 Å². The molecular weight excluding hydrogens is 248 g/mol. The first-order valence-corrected chi connectivity index (χ1v) is 5.49. The van der Waals surface area contributed by atoms with Crippen LogP contribution in [0.4, 0.5) is 0 Å². The maximum Gasteiger partial charge on any atom is 0.303 e. The number of ether oxygens (including phenoxy) is 1. The molecule has 106 valence electrons. The molecule has 1 aliphatic heterocycles. The van der Waals surface area contributed by atoms with Crippen LogP contribution in [0.5, 0.6) is 0 Å². The summed E-state index contributed by atoms with van der Waals surface area (Å²) < 4.78 is 4.79. The van der Waals surface area contributed by atoms with Crippen LogP contribution < -0.4 is 0 Å². The molecule has 8 heteroatoms. The summed E-state index contributed by atoms with van der Waals surface area (Å²) in [5, 5.41) is 56.8. The van der Waals surface area contributed by atoms with Crippen molar-refractivity contribution in [3.63, 3.8) is 0 Å². The van der Waals surface area contributed by atoms with E-state index in [1.54, 1.807) is 0 Å². The van der Waals surface area contributed by atoms with Crippen LogP contribution in [0.15, 0.2) is 0 Å². The Morgan fingerprint density at radius 1 is 1.39 bits per heavy atom. The minimum absolute atomic E-state index is 0.523. The highest BCUT2D eigenvalue weighted by Crippen LogP contribution is 2.36. The Hall–Kier alpha value is -0.770. The van der Waals surface area contributed by atoms with E-state index in [2.05, 4.69) is 0 Å². The van der Waals surface area contributed by atoms with Crippen molar-refractivity contribution >= 4 is 5.97 Å². The molecule has 6 atom stereocenters. The first kappa shape index (κ1) is 15.3. The molecule has 1 rings (SSSR count). The number of hydrogen-bond donors (Lipinski definition) is 6. The third kappa shape index (κ3) is 2.48. The van der Waals surface area contributed by atoms with Crippen molar-refractivity contribution in [2.75, 3.05) is 6.61 Å². The van der Waals surface area contributed by atoms with Crippen LogP contribution in [0.3, 0.4) is 0 Å². The molecule has 2 unspecified atom stereocenters. The van der Waals surface area contributed by atoms with Gasteiger partial charge < -0.3 is 35.4 Å². The summed E-state index contributed by atoms with van der Waals surface area (Å²) >= 11 is 0. The fraction of sp³-hybridized carbons (Fsp3) is 0.900. The number of carboxylic acid groups (broad SMARTS) is 1. The van der Waals surface area contributed by atoms with Crippen LogP contribution >= 0.6 is 0 Å². The van der Waals surface area contributed by atoms with Crippen LogP contribution in [0.2, 0.25) is 0 Å². The van der Waals surface area contributed by atoms with Crippen molar-refractivity contribution in [3.8, 4) is 0 Å². The maximum absolute atomic E-state index is 10.6. The van der Waals surface area contributed by atoms with Gasteiger partial charge in [0, 0.05) is 5.92 Å². The number of carbonyl (C=O) groups is 1. The van der Waals surface area contributed by atoms with E-state index in [1.807, 2.05) is 0 Å². The Labute approximate surface area is 103 Å². The number of hydrogen-bond acceptors (Lipinski definition) is 7. The summed E-state index contributed by atoms with van der Waals surface area (Å²) in [5.74, 6) is -2.29. The first-order valence-electron chi connectivity index (χ1n) is 5.49. The predicted octanol–water partition coefficient (Wildman–Crippen LogP) is -2.74. The van der Waals surface area contributed by atoms with E-state index in [0.717, 1.165) is 0 Å². The Morgan fingerprint density at radius 2 is 1.94 bits per heavy atom. The van der Waals surface area contributed by atoms with Crippen molar-refractivity contribution < 1.29 is 40.2 Å². The van der Waals surface area contributed by atoms with Crippen molar-refractivity contribution in [1.82, 2.24) is 0 Å². The second kappa shape index (κ2) is 5.47. The van der Waals surface area contributed by atoms with Crippen LogP contribution in [0.1, 0.15) is 13.3 Å². The number of carboxylic acids is 1. The number of aliphatic hydroxyl groups excluding tert-OH is 4. The highest BCUT2D eigenvalue weighted by Gasteiger charge is 2.57. The lowest BCUT2D eigenvalue weighted by molar-refractivity contribution is -0.341. The summed E-state index contributed by atoms with van der Waals surface area (Å²) in [4.78, 5) is 10.6. The zero-order valence-electron chi connectivity index (χ0n) is 9.80. The van der Waals surface area contributed by atoms with Gasteiger partial charge in [0.15, 0.2) is 6.29 Å². The Morgan fingerprint density at radius 3 is 2.39 bits per heavy atom. The lowest BCUT2D eigenvalue weighted by atomic mass is 9.76. The van der Waals surface area contributed by atoms with Crippen molar-refractivity contribution in [3.05, 3.63) is 0 Å². The fourth-order valence-corrected chi connectivity index (χ4v) is 2.09. The molecule has 1 saturated heterocycles. The van der Waals surface area contributed by atoms with Gasteiger partial charge in [-0.15, -0.1) is 0 Å². The van der Waals surface area contributed by atoms with Gasteiger partial charge in [0.2, 0.25) is 0 Å². The van der Waals surface area contributed by atoms with Gasteiger partial charge in [0.05, 0.1) is 13.0 Å². The molecule has 0 radical (unpaired) electrons. The van der Waals surface area contributed by atoms with Gasteiger partial charge in [-0.05, 0) is 0 Å². The van der Waals surface area contributed by atoms with Gasteiger partial charge >= 0.3 is 5.97 Å². The molecule has 0 aromatic rings. The number of rotatable bonds is 4. The fourth-order valence-electron chi connectivity index (χ4n) is 2.09. The van der Waals surface area contributed by atoms with Gasteiger partial charge in [-0.25, -0.2) is 0 Å². The molecule has 8 nitrogen and oxygen atoms in total. The highest BCUT2D eigenvalue weighted by atomic mass is 16.6. The van der Waals surface area contributed by atoms with E-state index in [0.29, 0.717) is 0 Å². The van der Waals surface area contributed by atoms with E-state index in [1.165, 1.54) is 6.92 Å². The smallest absolute Gasteiger partial charge is 0.303 e. The molecule has 0 spiro atoms. The molecule has 1 heterocycles. The lowest BCUT2D eigenvalue weighted by Crippen LogP contribution is -2.69. The van der Waals surface area contributed by atoms with Crippen molar-refractivity contribution in [2.45, 2.75) is 43.5 Å². The van der Waals surface area contributed by atoms with E-state index in [-0.39, 0.29) is 0 Å². The third-order valence-electron chi connectivity index (χ3n) is 3.33. The molecule has 1 fully saturated rings. The van der Waals surface area contributed by atoms with Gasteiger partial charge in [-0.3, -0.25) is 4.79 Å². The van der Waals surface area contributed by atoms with E-state index in [4.69, 9.17) is 14.9 Å². The summed E-state index contributed by atoms with van der Waals surface area (Å²) in [5.41, 5.74) is -2.32. The molecule has 0 saturated carbocycles. The summed E-state index contributed by atoms with van der Waals surface area (Å²) in [6, 6.07) is 0. The summed E-state index contributed by atoms with van der Waals surface area (Å²) in [6.45, 7) is 0.647. The minimum atomic E-state index is -2.32. The molecule has 6 N–H and O–H groups in total. The minimum Gasteiger partial charge on any atom is -0.481 e. The van der Waals surface area contributed by atoms with Gasteiger partial charge in [-0.1, -0.05) is 6.92 Å². The maximum atomic E-state index is 10.6. The zero-order valence-corrected chi connectivity index (χ0v) is 9.80. The quantitative estimate of drug-likeness (QED) is 0.321. The van der Waals surface area contributed by atoms with Crippen LogP contribution in [-0.4, -0.2) is 73.4 Å². The topological polar surface area (TPSA) is 148 Å². The third-order valence-corrected chi connectivity index (χ3v) is 3.33. The van der Waals surface area contributed by atoms with Crippen LogP contribution in [-0.2, 0) is 9.53 Å². The van der Waals surface area contributed by atoms with Crippen molar-refractivity contribution in [1.29, 1.82) is 0 Å². The second-order valence-corrected chi connectivity index (χ2v) is 4.53. The van der Waals surface area contributed by atoms with E-state index in [9.17, 15) is 25.2 Å². The molecule has 18 heavy (non-hydrogen) atoms. The van der Waals surface area contributed by atoms with Crippen molar-refractivity contribution in [2.24, 2.45) is 5.92 Å². The molecule has 0 aliphatic carbocycles. The van der Waals surface area contributed by atoms with Gasteiger partial charge in [-0.2, -0.15) is 0 Å². The standard InChI is InChI=1S/C10H18O8/c1-4(2-6(12)13)10(17)8(15)7(14)5(3-11)18-9(10)16/h4-5,7-9,11,14-17H,2-3H2,1H3,(H,12,13)/t4?,5-,7-,8+,9?,10-/m1/s1. The number of aliphatic carboxylic acids is 1.